The standard InChI is InChI=1S/C14H24N2O3/c1-19-14(18)12-4-2-3-9-16(12)13(17)10-5-7-11(15)8-6-10/h10-12H,2-9,15H2,1H3. The van der Waals surface area contributed by atoms with Gasteiger partial charge in [0.05, 0.1) is 7.11 Å². The molecule has 0 spiro atoms. The summed E-state index contributed by atoms with van der Waals surface area (Å²) in [6, 6.07) is -0.136. The lowest BCUT2D eigenvalue weighted by atomic mass is 9.84. The summed E-state index contributed by atoms with van der Waals surface area (Å²) in [7, 11) is 1.39. The fourth-order valence-corrected chi connectivity index (χ4v) is 3.18. The lowest BCUT2D eigenvalue weighted by molar-refractivity contribution is -0.156. The summed E-state index contributed by atoms with van der Waals surface area (Å²) >= 11 is 0. The van der Waals surface area contributed by atoms with Crippen LogP contribution in [0.3, 0.4) is 0 Å². The maximum absolute atomic E-state index is 12.6. The first-order valence-corrected chi connectivity index (χ1v) is 7.27. The Balaban J connectivity index is 2.01. The molecule has 2 rings (SSSR count). The second-order valence-electron chi connectivity index (χ2n) is 5.68. The van der Waals surface area contributed by atoms with Crippen LogP contribution in [-0.2, 0) is 14.3 Å². The van der Waals surface area contributed by atoms with Crippen molar-refractivity contribution in [1.29, 1.82) is 0 Å². The highest BCUT2D eigenvalue weighted by atomic mass is 16.5. The molecule has 1 saturated carbocycles. The van der Waals surface area contributed by atoms with Gasteiger partial charge < -0.3 is 15.4 Å². The van der Waals surface area contributed by atoms with Crippen molar-refractivity contribution in [3.8, 4) is 0 Å². The van der Waals surface area contributed by atoms with Gasteiger partial charge in [0.2, 0.25) is 5.91 Å². The van der Waals surface area contributed by atoms with Gasteiger partial charge in [-0.25, -0.2) is 4.79 Å². The average molecular weight is 268 g/mol. The molecule has 1 heterocycles. The van der Waals surface area contributed by atoms with Crippen molar-refractivity contribution in [1.82, 2.24) is 4.90 Å². The molecule has 5 heteroatoms. The number of piperidine rings is 1. The van der Waals surface area contributed by atoms with Crippen molar-refractivity contribution in [2.75, 3.05) is 13.7 Å². The SMILES string of the molecule is COC(=O)C1CCCCN1C(=O)C1CCC(N)CC1. The van der Waals surface area contributed by atoms with Crippen LogP contribution in [0.1, 0.15) is 44.9 Å². The lowest BCUT2D eigenvalue weighted by Gasteiger charge is -2.37. The van der Waals surface area contributed by atoms with Crippen LogP contribution in [0.5, 0.6) is 0 Å². The van der Waals surface area contributed by atoms with Crippen LogP contribution in [-0.4, -0.2) is 42.5 Å². The Labute approximate surface area is 114 Å². The Morgan fingerprint density at radius 3 is 2.42 bits per heavy atom. The van der Waals surface area contributed by atoms with Gasteiger partial charge in [0.25, 0.3) is 0 Å². The summed E-state index contributed by atoms with van der Waals surface area (Å²) in [6.07, 6.45) is 6.21. The molecule has 1 unspecified atom stereocenters. The molecule has 108 valence electrons. The summed E-state index contributed by atoms with van der Waals surface area (Å²) in [5, 5.41) is 0. The molecule has 2 fully saturated rings. The van der Waals surface area contributed by atoms with E-state index >= 15 is 0 Å². The summed E-state index contributed by atoms with van der Waals surface area (Å²) in [6.45, 7) is 0.682. The zero-order valence-corrected chi connectivity index (χ0v) is 11.6. The molecule has 19 heavy (non-hydrogen) atoms. The molecule has 1 aliphatic heterocycles. The molecule has 0 aromatic heterocycles. The van der Waals surface area contributed by atoms with E-state index in [2.05, 4.69) is 0 Å². The number of nitrogens with two attached hydrogens (primary N) is 1. The van der Waals surface area contributed by atoms with E-state index in [1.807, 2.05) is 0 Å². The summed E-state index contributed by atoms with van der Waals surface area (Å²) in [5.41, 5.74) is 5.87. The smallest absolute Gasteiger partial charge is 0.328 e. The van der Waals surface area contributed by atoms with Crippen molar-refractivity contribution >= 4 is 11.9 Å². The first-order chi connectivity index (χ1) is 9.13. The van der Waals surface area contributed by atoms with Crippen molar-refractivity contribution in [3.63, 3.8) is 0 Å². The summed E-state index contributed by atoms with van der Waals surface area (Å²) in [5.74, 6) is -0.104. The van der Waals surface area contributed by atoms with E-state index in [1.165, 1.54) is 7.11 Å². The maximum Gasteiger partial charge on any atom is 0.328 e. The van der Waals surface area contributed by atoms with E-state index in [1.54, 1.807) is 4.90 Å². The van der Waals surface area contributed by atoms with Crippen molar-refractivity contribution in [3.05, 3.63) is 0 Å². The Kier molecular flexibility index (Phi) is 4.80. The van der Waals surface area contributed by atoms with E-state index in [4.69, 9.17) is 10.5 Å². The number of ether oxygens (including phenoxy) is 1. The van der Waals surface area contributed by atoms with Crippen molar-refractivity contribution in [2.24, 2.45) is 11.7 Å². The first-order valence-electron chi connectivity index (χ1n) is 7.27. The van der Waals surface area contributed by atoms with E-state index in [0.29, 0.717) is 6.54 Å². The number of hydrogen-bond acceptors (Lipinski definition) is 4. The molecule has 5 nitrogen and oxygen atoms in total. The largest absolute Gasteiger partial charge is 0.467 e. The average Bonchev–Trinajstić information content (AvgIpc) is 2.46. The predicted octanol–water partition coefficient (Wildman–Crippen LogP) is 1.06. The Hall–Kier alpha value is -1.10. The molecular weight excluding hydrogens is 244 g/mol. The fourth-order valence-electron chi connectivity index (χ4n) is 3.18. The highest BCUT2D eigenvalue weighted by Crippen LogP contribution is 2.28. The number of methoxy groups -OCH3 is 1. The monoisotopic (exact) mass is 268 g/mol. The highest BCUT2D eigenvalue weighted by molar-refractivity contribution is 5.86. The fraction of sp³-hybridized carbons (Fsp3) is 0.857. The number of likely N-dealkylation sites (tertiary alicyclic amines) is 1. The number of esters is 1. The van der Waals surface area contributed by atoms with Crippen LogP contribution in [0, 0.1) is 5.92 Å². The van der Waals surface area contributed by atoms with Crippen LogP contribution >= 0.6 is 0 Å². The summed E-state index contributed by atoms with van der Waals surface area (Å²) in [4.78, 5) is 26.1. The van der Waals surface area contributed by atoms with Crippen LogP contribution in [0.4, 0.5) is 0 Å². The molecule has 0 radical (unpaired) electrons. The van der Waals surface area contributed by atoms with Crippen LogP contribution in [0.25, 0.3) is 0 Å². The number of amides is 1. The van der Waals surface area contributed by atoms with Gasteiger partial charge in [-0.15, -0.1) is 0 Å². The Morgan fingerprint density at radius 1 is 1.11 bits per heavy atom. The van der Waals surface area contributed by atoms with Crippen LogP contribution < -0.4 is 5.73 Å². The zero-order valence-electron chi connectivity index (χ0n) is 11.6. The normalized spacial score (nSPS) is 31.9. The number of nitrogens with zero attached hydrogens (tertiary/aromatic N) is 1. The number of hydrogen-bond donors (Lipinski definition) is 1. The van der Waals surface area contributed by atoms with Crippen molar-refractivity contribution in [2.45, 2.75) is 57.0 Å². The quantitative estimate of drug-likeness (QED) is 0.760. The third kappa shape index (κ3) is 3.26. The molecule has 2 N–H and O–H groups in total. The van der Waals surface area contributed by atoms with E-state index in [-0.39, 0.29) is 29.9 Å². The minimum absolute atomic E-state index is 0.0463. The predicted molar refractivity (Wildman–Crippen MR) is 71.3 cm³/mol. The lowest BCUT2D eigenvalue weighted by Crippen LogP contribution is -2.51. The van der Waals surface area contributed by atoms with Crippen molar-refractivity contribution < 1.29 is 14.3 Å². The molecule has 0 bridgehead atoms. The summed E-state index contributed by atoms with van der Waals surface area (Å²) < 4.78 is 4.82. The molecule has 1 atom stereocenters. The van der Waals surface area contributed by atoms with Gasteiger partial charge in [-0.05, 0) is 44.9 Å². The minimum atomic E-state index is -0.373. The Bertz CT molecular complexity index is 338. The van der Waals surface area contributed by atoms with Gasteiger partial charge >= 0.3 is 5.97 Å². The Morgan fingerprint density at radius 2 is 1.79 bits per heavy atom. The van der Waals surface area contributed by atoms with Crippen LogP contribution in [0.15, 0.2) is 0 Å². The van der Waals surface area contributed by atoms with Crippen LogP contribution in [0.2, 0.25) is 0 Å². The molecule has 0 aromatic carbocycles. The van der Waals surface area contributed by atoms with E-state index in [9.17, 15) is 9.59 Å². The maximum atomic E-state index is 12.6. The number of carbonyl (C=O) groups excluding carboxylic acids is 2. The third-order valence-electron chi connectivity index (χ3n) is 4.38. The molecule has 1 aliphatic carbocycles. The molecule has 0 aromatic rings. The topological polar surface area (TPSA) is 72.6 Å². The highest BCUT2D eigenvalue weighted by Gasteiger charge is 2.36. The third-order valence-corrected chi connectivity index (χ3v) is 4.38. The second-order valence-corrected chi connectivity index (χ2v) is 5.68. The number of rotatable bonds is 2. The van der Waals surface area contributed by atoms with E-state index < -0.39 is 0 Å². The van der Waals surface area contributed by atoms with Gasteiger partial charge in [0.1, 0.15) is 6.04 Å². The van der Waals surface area contributed by atoms with Gasteiger partial charge in [-0.2, -0.15) is 0 Å². The molecule has 2 aliphatic rings. The van der Waals surface area contributed by atoms with Gasteiger partial charge in [-0.3, -0.25) is 4.79 Å². The second kappa shape index (κ2) is 6.37. The van der Waals surface area contributed by atoms with Gasteiger partial charge in [0, 0.05) is 18.5 Å². The molecular formula is C14H24N2O3. The zero-order chi connectivity index (χ0) is 13.8. The minimum Gasteiger partial charge on any atom is -0.467 e. The molecule has 1 amide bonds. The first kappa shape index (κ1) is 14.3. The number of carbonyl (C=O) groups is 2. The van der Waals surface area contributed by atoms with Gasteiger partial charge in [0.15, 0.2) is 0 Å². The van der Waals surface area contributed by atoms with Gasteiger partial charge in [-0.1, -0.05) is 0 Å². The van der Waals surface area contributed by atoms with E-state index in [0.717, 1.165) is 44.9 Å². The molecule has 1 saturated heterocycles.